The zero-order chi connectivity index (χ0) is 8.81. The van der Waals surface area contributed by atoms with E-state index in [0.29, 0.717) is 13.2 Å². The van der Waals surface area contributed by atoms with E-state index in [-0.39, 0.29) is 5.91 Å². The standard InChI is InChI=1S/C8H16N2O2/c1-12-5-3-2-4-10-7-9-6-8(10)11/h9H,2-7H2,1H3. The van der Waals surface area contributed by atoms with E-state index in [4.69, 9.17) is 4.74 Å². The first kappa shape index (κ1) is 9.48. The second kappa shape index (κ2) is 5.11. The quantitative estimate of drug-likeness (QED) is 0.584. The molecule has 0 aromatic carbocycles. The maximum atomic E-state index is 11.1. The van der Waals surface area contributed by atoms with Gasteiger partial charge in [0.1, 0.15) is 0 Å². The van der Waals surface area contributed by atoms with Crippen molar-refractivity contribution in [3.05, 3.63) is 0 Å². The van der Waals surface area contributed by atoms with E-state index >= 15 is 0 Å². The number of carbonyl (C=O) groups excluding carboxylic acids is 1. The van der Waals surface area contributed by atoms with Crippen molar-refractivity contribution in [2.45, 2.75) is 12.8 Å². The number of methoxy groups -OCH3 is 1. The average Bonchev–Trinajstić information content (AvgIpc) is 2.46. The van der Waals surface area contributed by atoms with Crippen LogP contribution >= 0.6 is 0 Å². The average molecular weight is 172 g/mol. The summed E-state index contributed by atoms with van der Waals surface area (Å²) in [6, 6.07) is 0. The van der Waals surface area contributed by atoms with Crippen LogP contribution in [0.3, 0.4) is 0 Å². The topological polar surface area (TPSA) is 41.6 Å². The molecular formula is C8H16N2O2. The van der Waals surface area contributed by atoms with Crippen LogP contribution in [0.2, 0.25) is 0 Å². The Morgan fingerprint density at radius 3 is 3.00 bits per heavy atom. The minimum absolute atomic E-state index is 0.215. The van der Waals surface area contributed by atoms with Gasteiger partial charge in [0.25, 0.3) is 0 Å². The van der Waals surface area contributed by atoms with Crippen LogP contribution in [0.1, 0.15) is 12.8 Å². The van der Waals surface area contributed by atoms with E-state index in [2.05, 4.69) is 5.32 Å². The van der Waals surface area contributed by atoms with Crippen LogP contribution in [-0.2, 0) is 9.53 Å². The third kappa shape index (κ3) is 2.79. The van der Waals surface area contributed by atoms with Gasteiger partial charge in [-0.2, -0.15) is 0 Å². The third-order valence-electron chi connectivity index (χ3n) is 1.96. The number of hydrogen-bond donors (Lipinski definition) is 1. The molecule has 1 saturated heterocycles. The zero-order valence-electron chi connectivity index (χ0n) is 7.51. The van der Waals surface area contributed by atoms with Crippen LogP contribution in [0, 0.1) is 0 Å². The van der Waals surface area contributed by atoms with E-state index in [1.807, 2.05) is 4.90 Å². The Morgan fingerprint density at radius 2 is 2.42 bits per heavy atom. The van der Waals surface area contributed by atoms with Gasteiger partial charge in [-0.1, -0.05) is 0 Å². The second-order valence-corrected chi connectivity index (χ2v) is 2.94. The fourth-order valence-electron chi connectivity index (χ4n) is 1.25. The Labute approximate surface area is 72.9 Å². The molecule has 0 atom stereocenters. The minimum atomic E-state index is 0.215. The van der Waals surface area contributed by atoms with Crippen LogP contribution in [0.5, 0.6) is 0 Å². The second-order valence-electron chi connectivity index (χ2n) is 2.94. The van der Waals surface area contributed by atoms with E-state index < -0.39 is 0 Å². The van der Waals surface area contributed by atoms with Crippen molar-refractivity contribution in [1.29, 1.82) is 0 Å². The number of hydrogen-bond acceptors (Lipinski definition) is 3. The molecule has 4 heteroatoms. The maximum absolute atomic E-state index is 11.1. The minimum Gasteiger partial charge on any atom is -0.385 e. The molecule has 0 saturated carbocycles. The summed E-state index contributed by atoms with van der Waals surface area (Å²) in [4.78, 5) is 12.9. The van der Waals surface area contributed by atoms with Crippen molar-refractivity contribution in [2.75, 3.05) is 33.5 Å². The van der Waals surface area contributed by atoms with Gasteiger partial charge in [0.2, 0.25) is 5.91 Å². The number of carbonyl (C=O) groups is 1. The van der Waals surface area contributed by atoms with Gasteiger partial charge in [-0.15, -0.1) is 0 Å². The predicted molar refractivity (Wildman–Crippen MR) is 45.7 cm³/mol. The molecule has 70 valence electrons. The monoisotopic (exact) mass is 172 g/mol. The van der Waals surface area contributed by atoms with Gasteiger partial charge in [-0.3, -0.25) is 10.1 Å². The molecule has 0 unspecified atom stereocenters. The van der Waals surface area contributed by atoms with E-state index in [0.717, 1.165) is 26.0 Å². The Balaban J connectivity index is 2.02. The lowest BCUT2D eigenvalue weighted by Crippen LogP contribution is -2.27. The number of rotatable bonds is 5. The van der Waals surface area contributed by atoms with Crippen LogP contribution in [0.25, 0.3) is 0 Å². The van der Waals surface area contributed by atoms with Gasteiger partial charge in [0.15, 0.2) is 0 Å². The van der Waals surface area contributed by atoms with Gasteiger partial charge in [-0.05, 0) is 12.8 Å². The van der Waals surface area contributed by atoms with Crippen LogP contribution in [0.4, 0.5) is 0 Å². The Kier molecular flexibility index (Phi) is 4.04. The summed E-state index contributed by atoms with van der Waals surface area (Å²) in [5, 5.41) is 3.01. The molecule has 0 aromatic heterocycles. The molecule has 0 aliphatic carbocycles. The summed E-state index contributed by atoms with van der Waals surface area (Å²) in [5.41, 5.74) is 0. The molecule has 12 heavy (non-hydrogen) atoms. The first-order chi connectivity index (χ1) is 5.84. The summed E-state index contributed by atoms with van der Waals surface area (Å²) in [6.45, 7) is 2.86. The summed E-state index contributed by atoms with van der Waals surface area (Å²) >= 11 is 0. The van der Waals surface area contributed by atoms with Gasteiger partial charge >= 0.3 is 0 Å². The van der Waals surface area contributed by atoms with Gasteiger partial charge in [-0.25, -0.2) is 0 Å². The van der Waals surface area contributed by atoms with Crippen molar-refractivity contribution < 1.29 is 9.53 Å². The number of nitrogens with zero attached hydrogens (tertiary/aromatic N) is 1. The normalized spacial score (nSPS) is 17.4. The SMILES string of the molecule is COCCCCN1CNCC1=O. The number of nitrogens with one attached hydrogen (secondary N) is 1. The molecule has 1 amide bonds. The highest BCUT2D eigenvalue weighted by Crippen LogP contribution is 1.98. The van der Waals surface area contributed by atoms with Crippen molar-refractivity contribution in [2.24, 2.45) is 0 Å². The summed E-state index contributed by atoms with van der Waals surface area (Å²) in [7, 11) is 1.70. The largest absolute Gasteiger partial charge is 0.385 e. The van der Waals surface area contributed by atoms with Crippen molar-refractivity contribution in [1.82, 2.24) is 10.2 Å². The maximum Gasteiger partial charge on any atom is 0.237 e. The van der Waals surface area contributed by atoms with E-state index in [1.54, 1.807) is 7.11 Å². The number of ether oxygens (including phenoxy) is 1. The van der Waals surface area contributed by atoms with Gasteiger partial charge in [0, 0.05) is 20.3 Å². The van der Waals surface area contributed by atoms with Crippen molar-refractivity contribution in [3.8, 4) is 0 Å². The summed E-state index contributed by atoms with van der Waals surface area (Å²) in [5.74, 6) is 0.215. The number of amides is 1. The molecule has 1 heterocycles. The molecule has 1 aliphatic heterocycles. The summed E-state index contributed by atoms with van der Waals surface area (Å²) in [6.07, 6.45) is 2.06. The molecule has 0 spiro atoms. The lowest BCUT2D eigenvalue weighted by molar-refractivity contribution is -0.126. The van der Waals surface area contributed by atoms with E-state index in [9.17, 15) is 4.79 Å². The van der Waals surface area contributed by atoms with Crippen molar-refractivity contribution in [3.63, 3.8) is 0 Å². The molecule has 1 fully saturated rings. The molecule has 1 rings (SSSR count). The fraction of sp³-hybridized carbons (Fsp3) is 0.875. The highest BCUT2D eigenvalue weighted by molar-refractivity contribution is 5.79. The highest BCUT2D eigenvalue weighted by atomic mass is 16.5. The molecule has 0 aromatic rings. The lowest BCUT2D eigenvalue weighted by Gasteiger charge is -2.13. The lowest BCUT2D eigenvalue weighted by atomic mass is 10.3. The van der Waals surface area contributed by atoms with Crippen molar-refractivity contribution >= 4 is 5.91 Å². The van der Waals surface area contributed by atoms with Crippen LogP contribution in [-0.4, -0.2) is 44.3 Å². The highest BCUT2D eigenvalue weighted by Gasteiger charge is 2.17. The molecule has 0 radical (unpaired) electrons. The van der Waals surface area contributed by atoms with Crippen LogP contribution < -0.4 is 5.32 Å². The summed E-state index contributed by atoms with van der Waals surface area (Å²) < 4.78 is 4.91. The molecule has 0 bridgehead atoms. The van der Waals surface area contributed by atoms with Gasteiger partial charge < -0.3 is 9.64 Å². The number of unbranched alkanes of at least 4 members (excludes halogenated alkanes) is 1. The van der Waals surface area contributed by atoms with Crippen LogP contribution in [0.15, 0.2) is 0 Å². The fourth-order valence-corrected chi connectivity index (χ4v) is 1.25. The predicted octanol–water partition coefficient (Wildman–Crippen LogP) is -0.198. The Bertz CT molecular complexity index is 150. The Hall–Kier alpha value is -0.610. The van der Waals surface area contributed by atoms with E-state index in [1.165, 1.54) is 0 Å². The van der Waals surface area contributed by atoms with Gasteiger partial charge in [0.05, 0.1) is 13.2 Å². The third-order valence-corrected chi connectivity index (χ3v) is 1.96. The first-order valence-corrected chi connectivity index (χ1v) is 4.32. The Morgan fingerprint density at radius 1 is 1.58 bits per heavy atom. The molecular weight excluding hydrogens is 156 g/mol. The molecule has 1 aliphatic rings. The zero-order valence-corrected chi connectivity index (χ0v) is 7.51. The first-order valence-electron chi connectivity index (χ1n) is 4.32. The molecule has 4 nitrogen and oxygen atoms in total. The molecule has 1 N–H and O–H groups in total. The smallest absolute Gasteiger partial charge is 0.237 e.